The molecule has 0 bridgehead atoms. The van der Waals surface area contributed by atoms with Gasteiger partial charge in [-0.1, -0.05) is 24.1 Å². The predicted octanol–water partition coefficient (Wildman–Crippen LogP) is 4.57. The molecule has 1 heterocycles. The summed E-state index contributed by atoms with van der Waals surface area (Å²) in [4.78, 5) is 12.2. The maximum absolute atomic E-state index is 12.2. The first-order valence-electron chi connectivity index (χ1n) is 5.30. The second kappa shape index (κ2) is 5.56. The summed E-state index contributed by atoms with van der Waals surface area (Å²) in [5, 5.41) is 0.638. The first kappa shape index (κ1) is 12.5. The van der Waals surface area contributed by atoms with Crippen LogP contribution in [0, 0.1) is 0 Å². The molecule has 1 aromatic rings. The van der Waals surface area contributed by atoms with Crippen molar-refractivity contribution in [1.29, 1.82) is 0 Å². The molecule has 86 valence electrons. The second-order valence-corrected chi connectivity index (χ2v) is 6.36. The monoisotopic (exact) mass is 318 g/mol. The molecular formula is C12H12BrClOS. The third-order valence-electron chi connectivity index (χ3n) is 2.69. The van der Waals surface area contributed by atoms with Crippen LogP contribution < -0.4 is 0 Å². The molecule has 1 aliphatic rings. The largest absolute Gasteiger partial charge is 0.293 e. The van der Waals surface area contributed by atoms with E-state index in [9.17, 15) is 4.79 Å². The van der Waals surface area contributed by atoms with E-state index in [0.29, 0.717) is 10.6 Å². The molecule has 1 saturated heterocycles. The van der Waals surface area contributed by atoms with Crippen LogP contribution in [0.5, 0.6) is 0 Å². The number of hydrogen-bond donors (Lipinski definition) is 0. The number of rotatable bonds is 2. The fourth-order valence-corrected chi connectivity index (χ4v) is 3.67. The number of halogens is 2. The van der Waals surface area contributed by atoms with E-state index < -0.39 is 0 Å². The molecule has 1 fully saturated rings. The summed E-state index contributed by atoms with van der Waals surface area (Å²) in [6, 6.07) is 5.52. The van der Waals surface area contributed by atoms with Gasteiger partial charge in [-0.2, -0.15) is 11.8 Å². The molecule has 16 heavy (non-hydrogen) atoms. The smallest absolute Gasteiger partial charge is 0.177 e. The summed E-state index contributed by atoms with van der Waals surface area (Å²) < 4.78 is 0.792. The first-order chi connectivity index (χ1) is 7.70. The van der Waals surface area contributed by atoms with Gasteiger partial charge in [0.15, 0.2) is 5.78 Å². The number of carbonyl (C=O) groups excluding carboxylic acids is 1. The molecule has 0 spiro atoms. The highest BCUT2D eigenvalue weighted by Crippen LogP contribution is 2.32. The Bertz CT molecular complexity index is 402. The highest BCUT2D eigenvalue weighted by atomic mass is 79.9. The van der Waals surface area contributed by atoms with Crippen LogP contribution in [0.15, 0.2) is 22.7 Å². The van der Waals surface area contributed by atoms with E-state index in [1.54, 1.807) is 11.8 Å². The van der Waals surface area contributed by atoms with E-state index >= 15 is 0 Å². The summed E-state index contributed by atoms with van der Waals surface area (Å²) in [6.45, 7) is 0. The predicted molar refractivity (Wildman–Crippen MR) is 73.6 cm³/mol. The lowest BCUT2D eigenvalue weighted by Gasteiger charge is -2.20. The minimum atomic E-state index is 0.0977. The Morgan fingerprint density at radius 2 is 2.25 bits per heavy atom. The summed E-state index contributed by atoms with van der Waals surface area (Å²) in [5.41, 5.74) is 0.649. The van der Waals surface area contributed by atoms with Crippen LogP contribution in [-0.2, 0) is 0 Å². The minimum Gasteiger partial charge on any atom is -0.293 e. The molecule has 0 amide bonds. The van der Waals surface area contributed by atoms with E-state index in [2.05, 4.69) is 15.9 Å². The molecule has 1 unspecified atom stereocenters. The quantitative estimate of drug-likeness (QED) is 0.743. The Labute approximate surface area is 113 Å². The van der Waals surface area contributed by atoms with Crippen LogP contribution in [0.4, 0.5) is 0 Å². The van der Waals surface area contributed by atoms with Crippen molar-refractivity contribution in [2.24, 2.45) is 0 Å². The van der Waals surface area contributed by atoms with Gasteiger partial charge in [-0.3, -0.25) is 4.79 Å². The molecule has 2 rings (SSSR count). The van der Waals surface area contributed by atoms with Crippen molar-refractivity contribution in [2.45, 2.75) is 24.5 Å². The van der Waals surface area contributed by atoms with Gasteiger partial charge in [0.1, 0.15) is 0 Å². The second-order valence-electron chi connectivity index (χ2n) is 3.82. The lowest BCUT2D eigenvalue weighted by molar-refractivity contribution is 0.0985. The van der Waals surface area contributed by atoms with E-state index in [1.165, 1.54) is 6.42 Å². The normalized spacial score (nSPS) is 20.8. The molecule has 0 aliphatic carbocycles. The van der Waals surface area contributed by atoms with Crippen molar-refractivity contribution < 1.29 is 4.79 Å². The van der Waals surface area contributed by atoms with E-state index in [1.807, 2.05) is 18.2 Å². The fourth-order valence-electron chi connectivity index (χ4n) is 1.82. The molecule has 0 N–H and O–H groups in total. The Morgan fingerprint density at radius 3 is 2.94 bits per heavy atom. The SMILES string of the molecule is O=C(c1cccc(Br)c1Cl)C1CCCCS1. The number of thioether (sulfide) groups is 1. The van der Waals surface area contributed by atoms with Crippen LogP contribution in [0.25, 0.3) is 0 Å². The van der Waals surface area contributed by atoms with Crippen LogP contribution in [0.2, 0.25) is 5.02 Å². The zero-order valence-corrected chi connectivity index (χ0v) is 11.9. The zero-order chi connectivity index (χ0) is 11.5. The number of ketones is 1. The molecule has 4 heteroatoms. The third-order valence-corrected chi connectivity index (χ3v) is 5.36. The summed E-state index contributed by atoms with van der Waals surface area (Å²) in [6.07, 6.45) is 3.35. The third kappa shape index (κ3) is 2.63. The van der Waals surface area contributed by atoms with Crippen molar-refractivity contribution in [3.63, 3.8) is 0 Å². The first-order valence-corrected chi connectivity index (χ1v) is 7.52. The Kier molecular flexibility index (Phi) is 4.34. The molecular weight excluding hydrogens is 308 g/mol. The van der Waals surface area contributed by atoms with Crippen LogP contribution >= 0.6 is 39.3 Å². The summed E-state index contributed by atoms with van der Waals surface area (Å²) in [5.74, 6) is 1.26. The summed E-state index contributed by atoms with van der Waals surface area (Å²) in [7, 11) is 0. The highest BCUT2D eigenvalue weighted by Gasteiger charge is 2.24. The molecule has 1 aliphatic heterocycles. The minimum absolute atomic E-state index is 0.0977. The molecule has 1 nitrogen and oxygen atoms in total. The molecule has 0 saturated carbocycles. The fraction of sp³-hybridized carbons (Fsp3) is 0.417. The molecule has 1 atom stereocenters. The highest BCUT2D eigenvalue weighted by molar-refractivity contribution is 9.10. The van der Waals surface area contributed by atoms with Gasteiger partial charge in [-0.15, -0.1) is 0 Å². The molecule has 0 aromatic heterocycles. The Balaban J connectivity index is 2.22. The Morgan fingerprint density at radius 1 is 1.44 bits per heavy atom. The lowest BCUT2D eigenvalue weighted by Crippen LogP contribution is -2.21. The number of hydrogen-bond acceptors (Lipinski definition) is 2. The number of Topliss-reactive ketones (excluding diaryl/α,β-unsaturated/α-hetero) is 1. The van der Waals surface area contributed by atoms with E-state index in [0.717, 1.165) is 23.1 Å². The number of carbonyl (C=O) groups is 1. The van der Waals surface area contributed by atoms with Crippen molar-refractivity contribution in [1.82, 2.24) is 0 Å². The van der Waals surface area contributed by atoms with Gasteiger partial charge in [0.05, 0.1) is 10.3 Å². The topological polar surface area (TPSA) is 17.1 Å². The molecule has 0 radical (unpaired) electrons. The van der Waals surface area contributed by atoms with Gasteiger partial charge >= 0.3 is 0 Å². The average molecular weight is 320 g/mol. The zero-order valence-electron chi connectivity index (χ0n) is 8.71. The maximum atomic E-state index is 12.2. The van der Waals surface area contributed by atoms with Gasteiger partial charge in [0.2, 0.25) is 0 Å². The molecule has 1 aromatic carbocycles. The van der Waals surface area contributed by atoms with Crippen LogP contribution in [-0.4, -0.2) is 16.8 Å². The van der Waals surface area contributed by atoms with E-state index in [4.69, 9.17) is 11.6 Å². The van der Waals surface area contributed by atoms with Crippen molar-refractivity contribution in [3.05, 3.63) is 33.3 Å². The number of benzene rings is 1. The van der Waals surface area contributed by atoms with Crippen molar-refractivity contribution >= 4 is 45.1 Å². The maximum Gasteiger partial charge on any atom is 0.177 e. The van der Waals surface area contributed by atoms with Gasteiger partial charge in [0, 0.05) is 10.0 Å². The standard InChI is InChI=1S/C12H12BrClOS/c13-9-5-3-4-8(11(9)14)12(15)10-6-1-2-7-16-10/h3-5,10H,1-2,6-7H2. The van der Waals surface area contributed by atoms with Crippen molar-refractivity contribution in [3.8, 4) is 0 Å². The van der Waals surface area contributed by atoms with Crippen LogP contribution in [0.3, 0.4) is 0 Å². The lowest BCUT2D eigenvalue weighted by atomic mass is 10.0. The van der Waals surface area contributed by atoms with Gasteiger partial charge in [0.25, 0.3) is 0 Å². The average Bonchev–Trinajstić information content (AvgIpc) is 2.33. The van der Waals surface area contributed by atoms with Gasteiger partial charge < -0.3 is 0 Å². The Hall–Kier alpha value is 0.01000. The van der Waals surface area contributed by atoms with Crippen molar-refractivity contribution in [2.75, 3.05) is 5.75 Å². The van der Waals surface area contributed by atoms with Crippen LogP contribution in [0.1, 0.15) is 29.6 Å². The van der Waals surface area contributed by atoms with Gasteiger partial charge in [-0.05, 0) is 46.7 Å². The van der Waals surface area contributed by atoms with Gasteiger partial charge in [-0.25, -0.2) is 0 Å². The summed E-state index contributed by atoms with van der Waals surface area (Å²) >= 11 is 11.2. The van der Waals surface area contributed by atoms with E-state index in [-0.39, 0.29) is 11.0 Å².